The van der Waals surface area contributed by atoms with Crippen LogP contribution in [0.5, 0.6) is 5.75 Å². The molecule has 0 radical (unpaired) electrons. The molecule has 0 spiro atoms. The van der Waals surface area contributed by atoms with Crippen molar-refractivity contribution in [2.75, 3.05) is 46.8 Å². The summed E-state index contributed by atoms with van der Waals surface area (Å²) in [4.78, 5) is 35.6. The van der Waals surface area contributed by atoms with E-state index >= 15 is 0 Å². The Morgan fingerprint density at radius 2 is 1.88 bits per heavy atom. The molecule has 3 heterocycles. The summed E-state index contributed by atoms with van der Waals surface area (Å²) in [6.07, 6.45) is 4.74. The van der Waals surface area contributed by atoms with Crippen LogP contribution in [0.4, 0.5) is 0 Å². The summed E-state index contributed by atoms with van der Waals surface area (Å²) < 4.78 is 8.03. The highest BCUT2D eigenvalue weighted by molar-refractivity contribution is 5.97. The number of hydrogen-bond donors (Lipinski definition) is 0. The minimum absolute atomic E-state index is 0.0442. The van der Waals surface area contributed by atoms with Crippen molar-refractivity contribution in [3.63, 3.8) is 0 Å². The molecule has 4 rings (SSSR count). The number of carbonyl (C=O) groups is 2. The lowest BCUT2D eigenvalue weighted by Crippen LogP contribution is -2.39. The molecule has 33 heavy (non-hydrogen) atoms. The molecule has 2 amide bonds. The Morgan fingerprint density at radius 1 is 1.06 bits per heavy atom. The van der Waals surface area contributed by atoms with Gasteiger partial charge in [0.25, 0.3) is 5.91 Å². The van der Waals surface area contributed by atoms with Crippen LogP contribution in [-0.4, -0.2) is 82.7 Å². The monoisotopic (exact) mass is 449 g/mol. The smallest absolute Gasteiger partial charge is 0.257 e. The van der Waals surface area contributed by atoms with Crippen LogP contribution in [0.25, 0.3) is 5.65 Å². The molecule has 8 heteroatoms. The van der Waals surface area contributed by atoms with Gasteiger partial charge in [0.15, 0.2) is 0 Å². The van der Waals surface area contributed by atoms with Gasteiger partial charge in [-0.3, -0.25) is 14.5 Å². The van der Waals surface area contributed by atoms with Crippen LogP contribution in [0.3, 0.4) is 0 Å². The number of aryl methyl sites for hydroxylation is 1. The fourth-order valence-corrected chi connectivity index (χ4v) is 4.03. The second-order valence-corrected chi connectivity index (χ2v) is 8.65. The van der Waals surface area contributed by atoms with E-state index in [4.69, 9.17) is 4.74 Å². The van der Waals surface area contributed by atoms with Crippen molar-refractivity contribution in [3.05, 3.63) is 65.6 Å². The molecular formula is C25H31N5O3. The van der Waals surface area contributed by atoms with Crippen molar-refractivity contribution in [2.24, 2.45) is 0 Å². The van der Waals surface area contributed by atoms with Gasteiger partial charge in [0, 0.05) is 52.7 Å². The van der Waals surface area contributed by atoms with Gasteiger partial charge in [-0.1, -0.05) is 18.2 Å². The predicted molar refractivity (Wildman–Crippen MR) is 126 cm³/mol. The molecule has 0 atom stereocenters. The number of amides is 2. The summed E-state index contributed by atoms with van der Waals surface area (Å²) in [7, 11) is 3.53. The van der Waals surface area contributed by atoms with E-state index in [1.165, 1.54) is 0 Å². The third-order valence-electron chi connectivity index (χ3n) is 5.95. The molecule has 2 aromatic heterocycles. The van der Waals surface area contributed by atoms with Gasteiger partial charge in [0.1, 0.15) is 18.0 Å². The molecule has 0 N–H and O–H groups in total. The number of rotatable bonds is 6. The number of hydrogen-bond acceptors (Lipinski definition) is 5. The Labute approximate surface area is 194 Å². The minimum Gasteiger partial charge on any atom is -0.486 e. The number of likely N-dealkylation sites (N-methyl/N-ethyl adjacent to an activating group) is 1. The average Bonchev–Trinajstić information content (AvgIpc) is 3.10. The van der Waals surface area contributed by atoms with E-state index in [1.54, 1.807) is 19.0 Å². The van der Waals surface area contributed by atoms with E-state index in [2.05, 4.69) is 9.88 Å². The summed E-state index contributed by atoms with van der Waals surface area (Å²) in [5, 5.41) is 0. The quantitative estimate of drug-likeness (QED) is 0.578. The summed E-state index contributed by atoms with van der Waals surface area (Å²) in [6, 6.07) is 11.4. The summed E-state index contributed by atoms with van der Waals surface area (Å²) in [5.74, 6) is 0.591. The van der Waals surface area contributed by atoms with Crippen LogP contribution in [0.2, 0.25) is 0 Å². The summed E-state index contributed by atoms with van der Waals surface area (Å²) in [5.41, 5.74) is 3.36. The van der Waals surface area contributed by atoms with E-state index in [-0.39, 0.29) is 18.4 Å². The molecule has 1 saturated heterocycles. The molecular weight excluding hydrogens is 418 g/mol. The number of benzene rings is 1. The second kappa shape index (κ2) is 10.0. The number of pyridine rings is 1. The number of fused-ring (bicyclic) bond motifs is 1. The number of aromatic nitrogens is 2. The number of ether oxygens (including phenoxy) is 1. The van der Waals surface area contributed by atoms with Crippen molar-refractivity contribution in [3.8, 4) is 5.75 Å². The standard InChI is InChI=1S/C25H31N5O3/c1-19-8-6-12-30-16-20(26-24(19)30)18-33-22-10-5-4-9-21(22)25(32)29-13-7-11-28(14-15-29)17-23(31)27(2)3/h4-6,8-10,12,16H,7,11,13-15,17-18H2,1-3H3. The number of para-hydroxylation sites is 1. The van der Waals surface area contributed by atoms with Gasteiger partial charge in [-0.15, -0.1) is 0 Å². The molecule has 0 saturated carbocycles. The highest BCUT2D eigenvalue weighted by Gasteiger charge is 2.24. The molecule has 3 aromatic rings. The van der Waals surface area contributed by atoms with Crippen LogP contribution in [0.1, 0.15) is 28.0 Å². The third-order valence-corrected chi connectivity index (χ3v) is 5.95. The maximum atomic E-state index is 13.3. The Hall–Kier alpha value is -3.39. The van der Waals surface area contributed by atoms with Gasteiger partial charge < -0.3 is 18.9 Å². The first-order valence-electron chi connectivity index (χ1n) is 11.3. The number of carbonyl (C=O) groups excluding carboxylic acids is 2. The zero-order chi connectivity index (χ0) is 23.4. The first kappa shape index (κ1) is 22.8. The molecule has 0 unspecified atom stereocenters. The van der Waals surface area contributed by atoms with Crippen molar-refractivity contribution in [1.29, 1.82) is 0 Å². The van der Waals surface area contributed by atoms with E-state index in [0.29, 0.717) is 37.5 Å². The predicted octanol–water partition coefficient (Wildman–Crippen LogP) is 2.46. The van der Waals surface area contributed by atoms with Crippen LogP contribution in [-0.2, 0) is 11.4 Å². The van der Waals surface area contributed by atoms with E-state index in [9.17, 15) is 9.59 Å². The SMILES string of the molecule is Cc1cccn2cc(COc3ccccc3C(=O)N3CCCN(CC(=O)N(C)C)CC3)nc12. The molecule has 1 aromatic carbocycles. The average molecular weight is 450 g/mol. The lowest BCUT2D eigenvalue weighted by molar-refractivity contribution is -0.129. The topological polar surface area (TPSA) is 70.4 Å². The second-order valence-electron chi connectivity index (χ2n) is 8.65. The zero-order valence-electron chi connectivity index (χ0n) is 19.5. The lowest BCUT2D eigenvalue weighted by atomic mass is 10.1. The highest BCUT2D eigenvalue weighted by Crippen LogP contribution is 2.22. The first-order valence-corrected chi connectivity index (χ1v) is 11.3. The fourth-order valence-electron chi connectivity index (χ4n) is 4.03. The first-order chi connectivity index (χ1) is 15.9. The number of imidazole rings is 1. The lowest BCUT2D eigenvalue weighted by Gasteiger charge is -2.23. The van der Waals surface area contributed by atoms with Gasteiger partial charge in [-0.05, 0) is 37.1 Å². The van der Waals surface area contributed by atoms with E-state index in [0.717, 1.165) is 29.9 Å². The van der Waals surface area contributed by atoms with Crippen molar-refractivity contribution >= 4 is 17.5 Å². The maximum Gasteiger partial charge on any atom is 0.257 e. The maximum absolute atomic E-state index is 13.3. The van der Waals surface area contributed by atoms with Gasteiger partial charge in [0.05, 0.1) is 17.8 Å². The molecule has 1 fully saturated rings. The van der Waals surface area contributed by atoms with Crippen molar-refractivity contribution < 1.29 is 14.3 Å². The van der Waals surface area contributed by atoms with E-state index < -0.39 is 0 Å². The normalized spacial score (nSPS) is 14.8. The van der Waals surface area contributed by atoms with E-state index in [1.807, 2.05) is 65.0 Å². The van der Waals surface area contributed by atoms with Crippen LogP contribution < -0.4 is 4.74 Å². The van der Waals surface area contributed by atoms with Crippen molar-refractivity contribution in [2.45, 2.75) is 20.0 Å². The van der Waals surface area contributed by atoms with Crippen LogP contribution in [0.15, 0.2) is 48.8 Å². The van der Waals surface area contributed by atoms with Gasteiger partial charge >= 0.3 is 0 Å². The van der Waals surface area contributed by atoms with Crippen molar-refractivity contribution in [1.82, 2.24) is 24.1 Å². The van der Waals surface area contributed by atoms with Gasteiger partial charge in [0.2, 0.25) is 5.91 Å². The Morgan fingerprint density at radius 3 is 2.67 bits per heavy atom. The van der Waals surface area contributed by atoms with Gasteiger partial charge in [-0.2, -0.15) is 0 Å². The molecule has 8 nitrogen and oxygen atoms in total. The van der Waals surface area contributed by atoms with Crippen LogP contribution in [0, 0.1) is 6.92 Å². The zero-order valence-corrected chi connectivity index (χ0v) is 19.5. The molecule has 1 aliphatic heterocycles. The summed E-state index contributed by atoms with van der Waals surface area (Å²) in [6.45, 7) is 5.41. The largest absolute Gasteiger partial charge is 0.486 e. The Balaban J connectivity index is 1.42. The summed E-state index contributed by atoms with van der Waals surface area (Å²) >= 11 is 0. The molecule has 174 valence electrons. The fraction of sp³-hybridized carbons (Fsp3) is 0.400. The molecule has 1 aliphatic rings. The Bertz CT molecular complexity index is 1140. The molecule has 0 aliphatic carbocycles. The Kier molecular flexibility index (Phi) is 6.93. The van der Waals surface area contributed by atoms with Crippen LogP contribution >= 0.6 is 0 Å². The third kappa shape index (κ3) is 5.34. The minimum atomic E-state index is -0.0442. The molecule has 0 bridgehead atoms. The highest BCUT2D eigenvalue weighted by atomic mass is 16.5. The number of nitrogens with zero attached hydrogens (tertiary/aromatic N) is 5. The van der Waals surface area contributed by atoms with Gasteiger partial charge in [-0.25, -0.2) is 4.98 Å².